The number of hydrogen-bond acceptors (Lipinski definition) is 4. The molecule has 0 spiro atoms. The van der Waals surface area contributed by atoms with Crippen LogP contribution in [0.25, 0.3) is 11.0 Å². The van der Waals surface area contributed by atoms with Crippen LogP contribution in [-0.4, -0.2) is 15.1 Å². The van der Waals surface area contributed by atoms with E-state index < -0.39 is 6.10 Å². The molecule has 0 aliphatic heterocycles. The number of para-hydroxylation sites is 2. The van der Waals surface area contributed by atoms with Crippen LogP contribution >= 0.6 is 11.3 Å². The fraction of sp³-hybridized carbons (Fsp3) is 0.143. The molecule has 0 bridgehead atoms. The second kappa shape index (κ2) is 4.48. The smallest absolute Gasteiger partial charge is 0.124 e. The van der Waals surface area contributed by atoms with Crippen LogP contribution in [0.2, 0.25) is 0 Å². The van der Waals surface area contributed by atoms with E-state index in [4.69, 9.17) is 0 Å². The highest BCUT2D eigenvalue weighted by Gasteiger charge is 2.15. The summed E-state index contributed by atoms with van der Waals surface area (Å²) in [4.78, 5) is 9.90. The Labute approximate surface area is 109 Å². The molecule has 0 radical (unpaired) electrons. The van der Waals surface area contributed by atoms with Gasteiger partial charge in [-0.2, -0.15) is 0 Å². The van der Waals surface area contributed by atoms with Crippen LogP contribution < -0.4 is 0 Å². The molecule has 18 heavy (non-hydrogen) atoms. The summed E-state index contributed by atoms with van der Waals surface area (Å²) in [5.74, 6) is 0. The van der Waals surface area contributed by atoms with Crippen LogP contribution in [0, 0.1) is 6.92 Å². The normalized spacial score (nSPS) is 12.8. The molecule has 0 saturated carbocycles. The Morgan fingerprint density at radius 3 is 2.67 bits per heavy atom. The summed E-state index contributed by atoms with van der Waals surface area (Å²) in [5.41, 5.74) is 3.15. The molecular weight excluding hydrogens is 244 g/mol. The fourth-order valence-electron chi connectivity index (χ4n) is 1.94. The molecule has 0 saturated heterocycles. The minimum absolute atomic E-state index is 0.593. The molecule has 3 aromatic rings. The fourth-order valence-corrected chi connectivity index (χ4v) is 2.68. The quantitative estimate of drug-likeness (QED) is 0.766. The lowest BCUT2D eigenvalue weighted by Gasteiger charge is -2.10. The van der Waals surface area contributed by atoms with E-state index in [1.54, 1.807) is 17.5 Å². The van der Waals surface area contributed by atoms with Gasteiger partial charge in [-0.05, 0) is 30.5 Å². The number of fused-ring (bicyclic) bond motifs is 1. The van der Waals surface area contributed by atoms with Gasteiger partial charge in [0.2, 0.25) is 0 Å². The Kier molecular flexibility index (Phi) is 2.81. The number of aliphatic hydroxyl groups excluding tert-OH is 1. The van der Waals surface area contributed by atoms with Crippen molar-refractivity contribution in [1.29, 1.82) is 0 Å². The maximum Gasteiger partial charge on any atom is 0.124 e. The summed E-state index contributed by atoms with van der Waals surface area (Å²) >= 11 is 1.62. The van der Waals surface area contributed by atoms with Gasteiger partial charge < -0.3 is 5.11 Å². The Hall–Kier alpha value is -1.78. The molecule has 0 aliphatic rings. The Morgan fingerprint density at radius 1 is 1.17 bits per heavy atom. The maximum absolute atomic E-state index is 10.3. The van der Waals surface area contributed by atoms with Crippen LogP contribution in [-0.2, 0) is 0 Å². The van der Waals surface area contributed by atoms with Gasteiger partial charge in [0.05, 0.1) is 22.9 Å². The molecule has 1 atom stereocenters. The summed E-state index contributed by atoms with van der Waals surface area (Å²) in [6.45, 7) is 2.00. The van der Waals surface area contributed by atoms with Crippen LogP contribution in [0.15, 0.2) is 41.9 Å². The molecule has 2 aromatic heterocycles. The average Bonchev–Trinajstić information content (AvgIpc) is 2.83. The second-order valence-electron chi connectivity index (χ2n) is 4.12. The monoisotopic (exact) mass is 256 g/mol. The van der Waals surface area contributed by atoms with Gasteiger partial charge in [-0.3, -0.25) is 4.98 Å². The maximum atomic E-state index is 10.3. The van der Waals surface area contributed by atoms with Crippen molar-refractivity contribution < 1.29 is 5.11 Å². The number of hydrogen-bond donors (Lipinski definition) is 1. The average molecular weight is 256 g/mol. The highest BCUT2D eigenvalue weighted by atomic mass is 32.1. The highest BCUT2D eigenvalue weighted by molar-refractivity contribution is 7.10. The molecule has 0 amide bonds. The van der Waals surface area contributed by atoms with Crippen LogP contribution in [0.1, 0.15) is 22.2 Å². The number of thiophene rings is 1. The van der Waals surface area contributed by atoms with E-state index in [1.165, 1.54) is 0 Å². The first-order chi connectivity index (χ1) is 8.75. The highest BCUT2D eigenvalue weighted by Crippen LogP contribution is 2.27. The van der Waals surface area contributed by atoms with Gasteiger partial charge in [-0.25, -0.2) is 4.98 Å². The van der Waals surface area contributed by atoms with Gasteiger partial charge in [-0.15, -0.1) is 11.3 Å². The molecule has 3 nitrogen and oxygen atoms in total. The van der Waals surface area contributed by atoms with E-state index in [2.05, 4.69) is 9.97 Å². The van der Waals surface area contributed by atoms with Crippen molar-refractivity contribution in [3.05, 3.63) is 58.0 Å². The van der Waals surface area contributed by atoms with E-state index in [1.807, 2.05) is 42.6 Å². The zero-order chi connectivity index (χ0) is 12.5. The number of nitrogens with zero attached hydrogens (tertiary/aromatic N) is 2. The van der Waals surface area contributed by atoms with Crippen molar-refractivity contribution in [3.8, 4) is 0 Å². The van der Waals surface area contributed by atoms with E-state index >= 15 is 0 Å². The van der Waals surface area contributed by atoms with Crippen molar-refractivity contribution in [2.75, 3.05) is 0 Å². The SMILES string of the molecule is Cc1sccc1C(O)c1cnc2ccccc2n1. The van der Waals surface area contributed by atoms with Crippen molar-refractivity contribution in [3.63, 3.8) is 0 Å². The van der Waals surface area contributed by atoms with Gasteiger partial charge in [0.25, 0.3) is 0 Å². The van der Waals surface area contributed by atoms with E-state index in [-0.39, 0.29) is 0 Å². The topological polar surface area (TPSA) is 46.0 Å². The molecule has 1 N–H and O–H groups in total. The number of rotatable bonds is 2. The Balaban J connectivity index is 2.07. The zero-order valence-corrected chi connectivity index (χ0v) is 10.7. The Morgan fingerprint density at radius 2 is 1.94 bits per heavy atom. The number of aryl methyl sites for hydroxylation is 1. The number of aromatic nitrogens is 2. The first-order valence-electron chi connectivity index (χ1n) is 5.69. The third-order valence-electron chi connectivity index (χ3n) is 2.94. The van der Waals surface area contributed by atoms with Crippen molar-refractivity contribution in [2.45, 2.75) is 13.0 Å². The van der Waals surface area contributed by atoms with Gasteiger partial charge >= 0.3 is 0 Å². The predicted molar refractivity (Wildman–Crippen MR) is 72.7 cm³/mol. The third kappa shape index (κ3) is 1.89. The molecule has 4 heteroatoms. The molecule has 0 aliphatic carbocycles. The van der Waals surface area contributed by atoms with E-state index in [0.717, 1.165) is 21.5 Å². The largest absolute Gasteiger partial charge is 0.382 e. The van der Waals surface area contributed by atoms with E-state index in [0.29, 0.717) is 5.69 Å². The summed E-state index contributed by atoms with van der Waals surface area (Å²) in [5, 5.41) is 12.3. The number of benzene rings is 1. The molecular formula is C14H12N2OS. The van der Waals surface area contributed by atoms with Crippen LogP contribution in [0.4, 0.5) is 0 Å². The lowest BCUT2D eigenvalue weighted by Crippen LogP contribution is -2.03. The summed E-state index contributed by atoms with van der Waals surface area (Å²) in [6, 6.07) is 9.59. The molecule has 3 rings (SSSR count). The molecule has 2 heterocycles. The molecule has 1 aromatic carbocycles. The van der Waals surface area contributed by atoms with Crippen LogP contribution in [0.5, 0.6) is 0 Å². The number of aliphatic hydroxyl groups is 1. The predicted octanol–water partition coefficient (Wildman–Crippen LogP) is 3.08. The zero-order valence-electron chi connectivity index (χ0n) is 9.87. The standard InChI is InChI=1S/C14H12N2OS/c1-9-10(6-7-18-9)14(17)13-8-15-11-4-2-3-5-12(11)16-13/h2-8,14,17H,1H3. The van der Waals surface area contributed by atoms with Gasteiger partial charge in [0.15, 0.2) is 0 Å². The summed E-state index contributed by atoms with van der Waals surface area (Å²) < 4.78 is 0. The molecule has 1 unspecified atom stereocenters. The lowest BCUT2D eigenvalue weighted by atomic mass is 10.1. The van der Waals surface area contributed by atoms with Gasteiger partial charge in [0, 0.05) is 10.4 Å². The first-order valence-corrected chi connectivity index (χ1v) is 6.57. The second-order valence-corrected chi connectivity index (χ2v) is 5.24. The molecule has 90 valence electrons. The summed E-state index contributed by atoms with van der Waals surface area (Å²) in [7, 11) is 0. The van der Waals surface area contributed by atoms with Crippen molar-refractivity contribution in [1.82, 2.24) is 9.97 Å². The Bertz CT molecular complexity index is 693. The van der Waals surface area contributed by atoms with Crippen molar-refractivity contribution >= 4 is 22.4 Å². The lowest BCUT2D eigenvalue weighted by molar-refractivity contribution is 0.215. The third-order valence-corrected chi connectivity index (χ3v) is 3.80. The minimum atomic E-state index is -0.701. The minimum Gasteiger partial charge on any atom is -0.382 e. The van der Waals surface area contributed by atoms with Crippen LogP contribution in [0.3, 0.4) is 0 Å². The van der Waals surface area contributed by atoms with Gasteiger partial charge in [0.1, 0.15) is 6.10 Å². The van der Waals surface area contributed by atoms with E-state index in [9.17, 15) is 5.11 Å². The van der Waals surface area contributed by atoms with Crippen molar-refractivity contribution in [2.24, 2.45) is 0 Å². The summed E-state index contributed by atoms with van der Waals surface area (Å²) in [6.07, 6.45) is 0.942. The molecule has 0 fully saturated rings. The first kappa shape index (κ1) is 11.3. The van der Waals surface area contributed by atoms with Gasteiger partial charge in [-0.1, -0.05) is 12.1 Å².